The molecule has 5 aromatic rings. The molecule has 0 N–H and O–H groups in total. The van der Waals surface area contributed by atoms with E-state index in [2.05, 4.69) is 4.98 Å². The Morgan fingerprint density at radius 3 is 2.52 bits per heavy atom. The molecule has 2 aromatic heterocycles. The molecule has 0 fully saturated rings. The van der Waals surface area contributed by atoms with Gasteiger partial charge in [0.2, 0.25) is 0 Å². The minimum Gasteiger partial charge on any atom is -0.256 e. The first-order valence-electron chi connectivity index (χ1n) is 14.3. The van der Waals surface area contributed by atoms with Gasteiger partial charge in [0.1, 0.15) is 0 Å². The Kier molecular flexibility index (Phi) is 3.27. The fourth-order valence-corrected chi connectivity index (χ4v) is 5.23. The van der Waals surface area contributed by atoms with Crippen LogP contribution in [0.3, 0.4) is 0 Å². The number of hydrogen-bond donors (Lipinski definition) is 0. The SMILES string of the molecule is [2H]C([2H])([2H])c1ccc(-c2ccc3c(sc4c(-c5cc(C([2H])([2H])C(C)C)ccn5)cccc43)c2C([2H])([2H])[2H])cc1. The van der Waals surface area contributed by atoms with Gasteiger partial charge in [-0.15, -0.1) is 11.3 Å². The summed E-state index contributed by atoms with van der Waals surface area (Å²) < 4.78 is 66.7. The summed E-state index contributed by atoms with van der Waals surface area (Å²) in [6, 6.07) is 19.4. The second-order valence-corrected chi connectivity index (χ2v) is 8.98. The zero-order valence-electron chi connectivity index (χ0n) is 25.4. The molecule has 0 amide bonds. The number of rotatable bonds is 4. The Bertz CT molecular complexity index is 1680. The molecule has 2 heteroatoms. The largest absolute Gasteiger partial charge is 0.256 e. The molecule has 31 heavy (non-hydrogen) atoms. The van der Waals surface area contributed by atoms with Gasteiger partial charge in [-0.05, 0) is 60.4 Å². The van der Waals surface area contributed by atoms with Crippen LogP contribution in [-0.2, 0) is 6.37 Å². The van der Waals surface area contributed by atoms with E-state index in [0.717, 1.165) is 21.0 Å². The fourth-order valence-electron chi connectivity index (χ4n) is 3.95. The second kappa shape index (κ2) is 7.94. The fraction of sp³-hybridized carbons (Fsp3) is 0.207. The number of benzene rings is 3. The van der Waals surface area contributed by atoms with Crippen molar-refractivity contribution in [2.45, 2.75) is 33.9 Å². The van der Waals surface area contributed by atoms with E-state index in [1.165, 1.54) is 23.5 Å². The standard InChI is InChI=1S/C29H27NS/c1-18(2)16-21-14-15-30-27(17-21)26-7-5-6-24-25-13-12-23(20(4)28(25)31-29(24)26)22-10-8-19(3)9-11-22/h5-15,17-18H,16H2,1-4H3/i3D3,4D3,16D2. The van der Waals surface area contributed by atoms with Gasteiger partial charge in [0.05, 0.1) is 5.69 Å². The molecule has 154 valence electrons. The molecule has 0 saturated carbocycles. The molecule has 0 spiro atoms. The first-order valence-corrected chi connectivity index (χ1v) is 11.1. The van der Waals surface area contributed by atoms with Crippen LogP contribution >= 0.6 is 11.3 Å². The van der Waals surface area contributed by atoms with Gasteiger partial charge in [-0.3, -0.25) is 4.98 Å². The highest BCUT2D eigenvalue weighted by molar-refractivity contribution is 7.26. The normalized spacial score (nSPS) is 16.7. The van der Waals surface area contributed by atoms with E-state index in [9.17, 15) is 0 Å². The Balaban J connectivity index is 1.74. The van der Waals surface area contributed by atoms with Crippen LogP contribution in [0.5, 0.6) is 0 Å². The lowest BCUT2D eigenvalue weighted by molar-refractivity contribution is 0.647. The summed E-state index contributed by atoms with van der Waals surface area (Å²) in [7, 11) is 0. The first kappa shape index (κ1) is 12.8. The molecule has 0 aliphatic carbocycles. The van der Waals surface area contributed by atoms with Crippen molar-refractivity contribution in [3.05, 3.63) is 89.6 Å². The van der Waals surface area contributed by atoms with Crippen molar-refractivity contribution >= 4 is 31.5 Å². The maximum absolute atomic E-state index is 8.53. The first-order chi connectivity index (χ1) is 18.2. The average molecular weight is 430 g/mol. The number of thiophene rings is 1. The van der Waals surface area contributed by atoms with Gasteiger partial charge in [-0.2, -0.15) is 0 Å². The molecular formula is C29H27NS. The van der Waals surface area contributed by atoms with Gasteiger partial charge in [-0.25, -0.2) is 0 Å². The highest BCUT2D eigenvalue weighted by atomic mass is 32.1. The lowest BCUT2D eigenvalue weighted by Gasteiger charge is -2.08. The van der Waals surface area contributed by atoms with E-state index in [-0.39, 0.29) is 17.0 Å². The van der Waals surface area contributed by atoms with E-state index in [4.69, 9.17) is 11.0 Å². The van der Waals surface area contributed by atoms with Gasteiger partial charge in [-0.1, -0.05) is 74.0 Å². The smallest absolute Gasteiger partial charge is 0.0719 e. The third kappa shape index (κ3) is 3.66. The maximum atomic E-state index is 8.53. The summed E-state index contributed by atoms with van der Waals surface area (Å²) in [5, 5.41) is 1.72. The molecule has 0 bridgehead atoms. The topological polar surface area (TPSA) is 12.9 Å². The Morgan fingerprint density at radius 1 is 0.903 bits per heavy atom. The van der Waals surface area contributed by atoms with Crippen LogP contribution in [0.25, 0.3) is 42.6 Å². The molecule has 1 nitrogen and oxygen atoms in total. The van der Waals surface area contributed by atoms with Crippen molar-refractivity contribution in [3.63, 3.8) is 0 Å². The van der Waals surface area contributed by atoms with E-state index in [1.54, 1.807) is 36.5 Å². The highest BCUT2D eigenvalue weighted by Gasteiger charge is 2.15. The Labute approximate surface area is 199 Å². The minimum absolute atomic E-state index is 0.200. The van der Waals surface area contributed by atoms with E-state index in [1.807, 2.05) is 38.1 Å². The summed E-state index contributed by atoms with van der Waals surface area (Å²) in [5.74, 6) is -0.220. The zero-order chi connectivity index (χ0) is 28.3. The molecule has 0 saturated heterocycles. The maximum Gasteiger partial charge on any atom is 0.0719 e. The van der Waals surface area contributed by atoms with Crippen molar-refractivity contribution in [1.29, 1.82) is 0 Å². The van der Waals surface area contributed by atoms with Gasteiger partial charge in [0.25, 0.3) is 0 Å². The predicted molar refractivity (Wildman–Crippen MR) is 136 cm³/mol. The molecule has 0 unspecified atom stereocenters. The van der Waals surface area contributed by atoms with Crippen LogP contribution in [0.4, 0.5) is 0 Å². The summed E-state index contributed by atoms with van der Waals surface area (Å²) in [4.78, 5) is 4.55. The van der Waals surface area contributed by atoms with Crippen molar-refractivity contribution in [3.8, 4) is 22.4 Å². The van der Waals surface area contributed by atoms with Gasteiger partial charge in [0, 0.05) is 42.9 Å². The van der Waals surface area contributed by atoms with Crippen LogP contribution in [-0.4, -0.2) is 4.98 Å². The lowest BCUT2D eigenvalue weighted by Crippen LogP contribution is -1.95. The average Bonchev–Trinajstić information content (AvgIpc) is 3.25. The van der Waals surface area contributed by atoms with Gasteiger partial charge in [0.15, 0.2) is 0 Å². The van der Waals surface area contributed by atoms with Crippen LogP contribution in [0.2, 0.25) is 0 Å². The van der Waals surface area contributed by atoms with Gasteiger partial charge < -0.3 is 0 Å². The third-order valence-corrected chi connectivity index (χ3v) is 6.63. The second-order valence-electron chi connectivity index (χ2n) is 7.96. The lowest BCUT2D eigenvalue weighted by atomic mass is 9.97. The van der Waals surface area contributed by atoms with Crippen LogP contribution in [0, 0.1) is 19.6 Å². The number of pyridine rings is 1. The minimum atomic E-state index is -2.41. The van der Waals surface area contributed by atoms with Crippen molar-refractivity contribution in [1.82, 2.24) is 4.98 Å². The summed E-state index contributed by atoms with van der Waals surface area (Å²) >= 11 is 1.39. The number of hydrogen-bond acceptors (Lipinski definition) is 2. The monoisotopic (exact) mass is 429 g/mol. The molecule has 3 aromatic carbocycles. The molecule has 0 atom stereocenters. The molecule has 0 aliphatic rings. The van der Waals surface area contributed by atoms with E-state index < -0.39 is 20.1 Å². The molecule has 0 radical (unpaired) electrons. The van der Waals surface area contributed by atoms with E-state index >= 15 is 0 Å². The third-order valence-electron chi connectivity index (χ3n) is 5.35. The summed E-state index contributed by atoms with van der Waals surface area (Å²) in [6.07, 6.45) is 0.0934. The van der Waals surface area contributed by atoms with Crippen molar-refractivity contribution in [2.24, 2.45) is 5.92 Å². The summed E-state index contributed by atoms with van der Waals surface area (Å²) in [6.45, 7) is -0.962. The summed E-state index contributed by atoms with van der Waals surface area (Å²) in [5.41, 5.74) is 3.60. The number of nitrogens with zero attached hydrogens (tertiary/aromatic N) is 1. The Hall–Kier alpha value is -2.97. The van der Waals surface area contributed by atoms with Crippen LogP contribution in [0.1, 0.15) is 41.5 Å². The van der Waals surface area contributed by atoms with Crippen LogP contribution in [0.15, 0.2) is 72.9 Å². The highest BCUT2D eigenvalue weighted by Crippen LogP contribution is 2.43. The molecule has 0 aliphatic heterocycles. The van der Waals surface area contributed by atoms with Crippen molar-refractivity contribution < 1.29 is 11.0 Å². The quantitative estimate of drug-likeness (QED) is 0.279. The Morgan fingerprint density at radius 2 is 1.74 bits per heavy atom. The van der Waals surface area contributed by atoms with Gasteiger partial charge >= 0.3 is 0 Å². The number of aromatic nitrogens is 1. The molecule has 2 heterocycles. The molecular weight excluding hydrogens is 394 g/mol. The number of aryl methyl sites for hydroxylation is 2. The zero-order valence-corrected chi connectivity index (χ0v) is 18.2. The number of fused-ring (bicyclic) bond motifs is 3. The van der Waals surface area contributed by atoms with Crippen LogP contribution < -0.4 is 0 Å². The predicted octanol–water partition coefficient (Wildman–Crippen LogP) is 8.60. The van der Waals surface area contributed by atoms with Crippen molar-refractivity contribution in [2.75, 3.05) is 0 Å². The van der Waals surface area contributed by atoms with E-state index in [0.29, 0.717) is 27.1 Å². The molecule has 5 rings (SSSR count).